The van der Waals surface area contributed by atoms with Gasteiger partial charge in [0, 0.05) is 16.7 Å². The number of Topliss-reactive ketones (excluding diaryl/α,β-unsaturated/α-hetero) is 1. The van der Waals surface area contributed by atoms with Gasteiger partial charge in [0.25, 0.3) is 0 Å². The number of carbonyl (C=O) groups excluding carboxylic acids is 1. The smallest absolute Gasteiger partial charge is 0.231 e. The van der Waals surface area contributed by atoms with Crippen molar-refractivity contribution in [2.75, 3.05) is 0 Å². The lowest BCUT2D eigenvalue weighted by Crippen LogP contribution is -1.99. The van der Waals surface area contributed by atoms with Crippen molar-refractivity contribution in [3.05, 3.63) is 99.0 Å². The Morgan fingerprint density at radius 2 is 1.79 bits per heavy atom. The maximum Gasteiger partial charge on any atom is 0.231 e. The summed E-state index contributed by atoms with van der Waals surface area (Å²) < 4.78 is 25.2. The highest BCUT2D eigenvalue weighted by atomic mass is 35.5. The van der Waals surface area contributed by atoms with Crippen LogP contribution < -0.4 is 9.47 Å². The van der Waals surface area contributed by atoms with Crippen molar-refractivity contribution in [1.29, 1.82) is 0 Å². The van der Waals surface area contributed by atoms with Crippen LogP contribution in [-0.4, -0.2) is 5.78 Å². The van der Waals surface area contributed by atoms with E-state index in [9.17, 15) is 9.18 Å². The molecule has 0 saturated heterocycles. The molecular formula is C22H13Cl2FO3. The minimum absolute atomic E-state index is 0.0411. The summed E-state index contributed by atoms with van der Waals surface area (Å²) >= 11 is 12.1. The number of rotatable bonds is 4. The molecule has 0 N–H and O–H groups in total. The molecular weight excluding hydrogens is 402 g/mol. The van der Waals surface area contributed by atoms with E-state index in [-0.39, 0.29) is 28.7 Å². The maximum atomic E-state index is 13.9. The molecule has 0 saturated carbocycles. The molecule has 140 valence electrons. The zero-order chi connectivity index (χ0) is 19.7. The average molecular weight is 415 g/mol. The summed E-state index contributed by atoms with van der Waals surface area (Å²) in [4.78, 5) is 12.5. The van der Waals surface area contributed by atoms with Crippen LogP contribution in [0.25, 0.3) is 6.08 Å². The summed E-state index contributed by atoms with van der Waals surface area (Å²) in [6, 6.07) is 16.4. The van der Waals surface area contributed by atoms with Crippen LogP contribution in [0.2, 0.25) is 10.0 Å². The topological polar surface area (TPSA) is 35.5 Å². The van der Waals surface area contributed by atoms with E-state index in [0.29, 0.717) is 27.6 Å². The predicted octanol–water partition coefficient (Wildman–Crippen LogP) is 6.33. The van der Waals surface area contributed by atoms with Gasteiger partial charge in [-0.25, -0.2) is 4.39 Å². The molecule has 0 radical (unpaired) electrons. The van der Waals surface area contributed by atoms with Gasteiger partial charge in [-0.15, -0.1) is 0 Å². The summed E-state index contributed by atoms with van der Waals surface area (Å²) in [5.41, 5.74) is 1.38. The normalized spacial score (nSPS) is 14.1. The molecule has 0 unspecified atom stereocenters. The number of hydrogen-bond acceptors (Lipinski definition) is 3. The molecule has 0 bridgehead atoms. The monoisotopic (exact) mass is 414 g/mol. The maximum absolute atomic E-state index is 13.9. The lowest BCUT2D eigenvalue weighted by molar-refractivity contribution is 0.101. The Bertz CT molecular complexity index is 1090. The third-order valence-corrected chi connectivity index (χ3v) is 4.98. The standard InChI is InChI=1S/C22H13Cl2FO3/c23-17-5-2-1-4-13(17)10-21-22(26)15-9-8-14(11-20(15)28-21)27-12-16-18(24)6-3-7-19(16)25/h1-11H,12H2/b21-10-. The molecule has 28 heavy (non-hydrogen) atoms. The SMILES string of the molecule is O=C1/C(=C/c2ccccc2Cl)Oc2cc(OCc3c(F)cccc3Cl)ccc21. The average Bonchev–Trinajstić information content (AvgIpc) is 2.98. The van der Waals surface area contributed by atoms with Gasteiger partial charge in [0.05, 0.1) is 10.6 Å². The van der Waals surface area contributed by atoms with Gasteiger partial charge in [-0.3, -0.25) is 4.79 Å². The third-order valence-electron chi connectivity index (χ3n) is 4.28. The highest BCUT2D eigenvalue weighted by Crippen LogP contribution is 2.36. The number of fused-ring (bicyclic) bond motifs is 1. The van der Waals surface area contributed by atoms with Crippen molar-refractivity contribution < 1.29 is 18.7 Å². The fraction of sp³-hybridized carbons (Fsp3) is 0.0455. The second-order valence-electron chi connectivity index (χ2n) is 6.11. The minimum atomic E-state index is -0.440. The Kier molecular flexibility index (Phi) is 5.07. The molecule has 1 heterocycles. The van der Waals surface area contributed by atoms with E-state index >= 15 is 0 Å². The van der Waals surface area contributed by atoms with Crippen LogP contribution in [0.1, 0.15) is 21.5 Å². The number of allylic oxidation sites excluding steroid dienone is 1. The molecule has 3 nitrogen and oxygen atoms in total. The fourth-order valence-electron chi connectivity index (χ4n) is 2.82. The van der Waals surface area contributed by atoms with Gasteiger partial charge >= 0.3 is 0 Å². The van der Waals surface area contributed by atoms with Gasteiger partial charge in [0.2, 0.25) is 5.78 Å². The van der Waals surface area contributed by atoms with E-state index in [1.807, 2.05) is 12.1 Å². The molecule has 0 aliphatic carbocycles. The molecule has 0 spiro atoms. The first-order valence-electron chi connectivity index (χ1n) is 8.41. The van der Waals surface area contributed by atoms with Crippen molar-refractivity contribution in [2.24, 2.45) is 0 Å². The Hall–Kier alpha value is -2.82. The van der Waals surface area contributed by atoms with Gasteiger partial charge in [-0.05, 0) is 42.0 Å². The third kappa shape index (κ3) is 3.61. The van der Waals surface area contributed by atoms with Crippen LogP contribution in [-0.2, 0) is 6.61 Å². The Morgan fingerprint density at radius 1 is 1.00 bits per heavy atom. The zero-order valence-corrected chi connectivity index (χ0v) is 15.9. The quantitative estimate of drug-likeness (QED) is 0.468. The molecule has 4 rings (SSSR count). The van der Waals surface area contributed by atoms with Crippen molar-refractivity contribution in [2.45, 2.75) is 6.61 Å². The molecule has 0 fully saturated rings. The van der Waals surface area contributed by atoms with Crippen LogP contribution in [0.3, 0.4) is 0 Å². The zero-order valence-electron chi connectivity index (χ0n) is 14.4. The molecule has 3 aromatic carbocycles. The van der Waals surface area contributed by atoms with E-state index in [4.69, 9.17) is 32.7 Å². The van der Waals surface area contributed by atoms with Crippen molar-refractivity contribution in [3.63, 3.8) is 0 Å². The first kappa shape index (κ1) is 18.5. The number of hydrogen-bond donors (Lipinski definition) is 0. The van der Waals surface area contributed by atoms with E-state index in [2.05, 4.69) is 0 Å². The number of halogens is 3. The summed E-state index contributed by atoms with van der Waals surface area (Å²) in [6.07, 6.45) is 1.60. The van der Waals surface area contributed by atoms with Crippen molar-refractivity contribution in [1.82, 2.24) is 0 Å². The van der Waals surface area contributed by atoms with Crippen LogP contribution in [0.5, 0.6) is 11.5 Å². The van der Waals surface area contributed by atoms with Gasteiger partial charge in [0.15, 0.2) is 5.76 Å². The molecule has 0 atom stereocenters. The van der Waals surface area contributed by atoms with Crippen LogP contribution in [0.15, 0.2) is 66.4 Å². The first-order valence-corrected chi connectivity index (χ1v) is 9.17. The summed E-state index contributed by atoms with van der Waals surface area (Å²) in [5.74, 6) is 0.311. The lowest BCUT2D eigenvalue weighted by atomic mass is 10.1. The number of ether oxygens (including phenoxy) is 2. The Labute approximate surface area is 170 Å². The number of ketones is 1. The highest BCUT2D eigenvalue weighted by molar-refractivity contribution is 6.32. The van der Waals surface area contributed by atoms with Gasteiger partial charge in [0.1, 0.15) is 23.9 Å². The summed E-state index contributed by atoms with van der Waals surface area (Å²) in [7, 11) is 0. The van der Waals surface area contributed by atoms with E-state index < -0.39 is 5.82 Å². The summed E-state index contributed by atoms with van der Waals surface area (Å²) in [5, 5.41) is 0.811. The van der Waals surface area contributed by atoms with Gasteiger partial charge in [-0.1, -0.05) is 47.5 Å². The number of carbonyl (C=O) groups is 1. The van der Waals surface area contributed by atoms with E-state index in [1.54, 1.807) is 42.5 Å². The van der Waals surface area contributed by atoms with Crippen molar-refractivity contribution >= 4 is 35.1 Å². The lowest BCUT2D eigenvalue weighted by Gasteiger charge is -2.09. The minimum Gasteiger partial charge on any atom is -0.489 e. The molecule has 0 aromatic heterocycles. The molecule has 3 aromatic rings. The first-order chi connectivity index (χ1) is 13.5. The van der Waals surface area contributed by atoms with Gasteiger partial charge in [-0.2, -0.15) is 0 Å². The van der Waals surface area contributed by atoms with Gasteiger partial charge < -0.3 is 9.47 Å². The largest absolute Gasteiger partial charge is 0.489 e. The van der Waals surface area contributed by atoms with Crippen molar-refractivity contribution in [3.8, 4) is 11.5 Å². The second kappa shape index (κ2) is 7.66. The molecule has 1 aliphatic rings. The van der Waals surface area contributed by atoms with Crippen LogP contribution in [0, 0.1) is 5.82 Å². The van der Waals surface area contributed by atoms with Crippen LogP contribution in [0.4, 0.5) is 4.39 Å². The highest BCUT2D eigenvalue weighted by Gasteiger charge is 2.28. The molecule has 0 amide bonds. The Morgan fingerprint density at radius 3 is 2.57 bits per heavy atom. The van der Waals surface area contributed by atoms with Crippen LogP contribution >= 0.6 is 23.2 Å². The predicted molar refractivity (Wildman–Crippen MR) is 107 cm³/mol. The summed E-state index contributed by atoms with van der Waals surface area (Å²) in [6.45, 7) is -0.0411. The molecule has 1 aliphatic heterocycles. The number of benzene rings is 3. The fourth-order valence-corrected chi connectivity index (χ4v) is 3.22. The second-order valence-corrected chi connectivity index (χ2v) is 6.92. The Balaban J connectivity index is 1.55. The van der Waals surface area contributed by atoms with E-state index in [0.717, 1.165) is 0 Å². The molecule has 6 heteroatoms. The van der Waals surface area contributed by atoms with E-state index in [1.165, 1.54) is 12.1 Å².